The van der Waals surface area contributed by atoms with Gasteiger partial charge in [-0.25, -0.2) is 4.39 Å². The fraction of sp³-hybridized carbons (Fsp3) is 0.364. The maximum atomic E-state index is 13.1. The van der Waals surface area contributed by atoms with E-state index in [4.69, 9.17) is 9.47 Å². The Bertz CT molecular complexity index is 332. The average Bonchev–Trinajstić information content (AvgIpc) is 2.65. The van der Waals surface area contributed by atoms with Gasteiger partial charge < -0.3 is 14.8 Å². The zero-order chi connectivity index (χ0) is 10.7. The van der Waals surface area contributed by atoms with Gasteiger partial charge in [-0.1, -0.05) is 6.07 Å². The Morgan fingerprint density at radius 3 is 3.07 bits per heavy atom. The molecule has 1 heterocycles. The van der Waals surface area contributed by atoms with Crippen LogP contribution in [0.3, 0.4) is 0 Å². The minimum Gasteiger partial charge on any atom is -0.497 e. The molecule has 1 radical (unpaired) electrons. The quantitative estimate of drug-likeness (QED) is 0.830. The van der Waals surface area contributed by atoms with Crippen molar-refractivity contribution in [3.8, 4) is 5.75 Å². The van der Waals surface area contributed by atoms with E-state index in [0.717, 1.165) is 11.4 Å². The van der Waals surface area contributed by atoms with Gasteiger partial charge in [-0.2, -0.15) is 0 Å². The smallest absolute Gasteiger partial charge is 0.291 e. The Morgan fingerprint density at radius 2 is 2.40 bits per heavy atom. The molecule has 0 bridgehead atoms. The van der Waals surface area contributed by atoms with Crippen LogP contribution >= 0.6 is 0 Å². The first-order chi connectivity index (χ1) is 7.29. The zero-order valence-electron chi connectivity index (χ0n) is 8.50. The summed E-state index contributed by atoms with van der Waals surface area (Å²) >= 11 is 0. The topological polar surface area (TPSA) is 30.5 Å². The molecule has 2 rings (SSSR count). The van der Waals surface area contributed by atoms with Crippen molar-refractivity contribution in [2.24, 2.45) is 0 Å². The lowest BCUT2D eigenvalue weighted by Crippen LogP contribution is -2.20. The average molecular weight is 210 g/mol. The van der Waals surface area contributed by atoms with E-state index in [2.05, 4.69) is 5.32 Å². The number of methoxy groups -OCH3 is 1. The lowest BCUT2D eigenvalue weighted by atomic mass is 10.2. The third-order valence-corrected chi connectivity index (χ3v) is 2.33. The number of benzene rings is 1. The van der Waals surface area contributed by atoms with Gasteiger partial charge in [0.25, 0.3) is 6.36 Å². The molecule has 1 saturated heterocycles. The molecule has 1 N–H and O–H groups in total. The Hall–Kier alpha value is -1.29. The minimum absolute atomic E-state index is 0.336. The van der Waals surface area contributed by atoms with Gasteiger partial charge >= 0.3 is 0 Å². The van der Waals surface area contributed by atoms with Gasteiger partial charge in [-0.15, -0.1) is 0 Å². The Labute approximate surface area is 88.2 Å². The number of nitrogens with one attached hydrogen (secondary N) is 1. The van der Waals surface area contributed by atoms with Crippen LogP contribution in [0.15, 0.2) is 24.3 Å². The predicted molar refractivity (Wildman–Crippen MR) is 55.3 cm³/mol. The van der Waals surface area contributed by atoms with Crippen LogP contribution < -0.4 is 10.1 Å². The van der Waals surface area contributed by atoms with Crippen molar-refractivity contribution in [2.75, 3.05) is 19.0 Å². The molecule has 0 aliphatic carbocycles. The molecule has 1 unspecified atom stereocenters. The van der Waals surface area contributed by atoms with E-state index in [1.165, 1.54) is 0 Å². The van der Waals surface area contributed by atoms with Crippen LogP contribution in [0.2, 0.25) is 0 Å². The fourth-order valence-corrected chi connectivity index (χ4v) is 1.53. The summed E-state index contributed by atoms with van der Waals surface area (Å²) in [4.78, 5) is 0. The molecule has 0 amide bonds. The van der Waals surface area contributed by atoms with E-state index in [1.807, 2.05) is 24.3 Å². The third-order valence-electron chi connectivity index (χ3n) is 2.33. The van der Waals surface area contributed by atoms with Crippen molar-refractivity contribution in [3.63, 3.8) is 0 Å². The molecule has 1 aliphatic heterocycles. The number of halogens is 1. The summed E-state index contributed by atoms with van der Waals surface area (Å²) in [6.45, 7) is 0.438. The molecule has 81 valence electrons. The molecule has 1 atom stereocenters. The van der Waals surface area contributed by atoms with Crippen LogP contribution in [0.4, 0.5) is 10.1 Å². The van der Waals surface area contributed by atoms with Crippen LogP contribution in [0, 0.1) is 6.36 Å². The van der Waals surface area contributed by atoms with Gasteiger partial charge in [0.1, 0.15) is 5.75 Å². The highest BCUT2D eigenvalue weighted by molar-refractivity contribution is 5.49. The number of rotatable bonds is 3. The molecular formula is C11H13FNO2. The molecule has 0 saturated carbocycles. The lowest BCUT2D eigenvalue weighted by molar-refractivity contribution is 0.108. The summed E-state index contributed by atoms with van der Waals surface area (Å²) in [5.74, 6) is 0.749. The molecule has 1 aromatic rings. The molecule has 0 aromatic heterocycles. The van der Waals surface area contributed by atoms with Crippen LogP contribution in [-0.2, 0) is 4.74 Å². The third kappa shape index (κ3) is 2.39. The number of hydrogen-bond acceptors (Lipinski definition) is 3. The monoisotopic (exact) mass is 210 g/mol. The summed E-state index contributed by atoms with van der Waals surface area (Å²) in [6, 6.07) is 7.06. The fourth-order valence-electron chi connectivity index (χ4n) is 1.53. The molecule has 1 fully saturated rings. The highest BCUT2D eigenvalue weighted by Crippen LogP contribution is 2.26. The van der Waals surface area contributed by atoms with Crippen molar-refractivity contribution in [3.05, 3.63) is 30.6 Å². The van der Waals surface area contributed by atoms with Crippen molar-refractivity contribution in [1.29, 1.82) is 0 Å². The van der Waals surface area contributed by atoms with E-state index in [0.29, 0.717) is 13.0 Å². The van der Waals surface area contributed by atoms with E-state index in [-0.39, 0.29) is 6.04 Å². The zero-order valence-corrected chi connectivity index (χ0v) is 8.50. The first-order valence-corrected chi connectivity index (χ1v) is 4.85. The highest BCUT2D eigenvalue weighted by Gasteiger charge is 2.29. The van der Waals surface area contributed by atoms with Gasteiger partial charge in [-0.3, -0.25) is 0 Å². The van der Waals surface area contributed by atoms with Crippen molar-refractivity contribution < 1.29 is 13.9 Å². The van der Waals surface area contributed by atoms with Gasteiger partial charge in [0, 0.05) is 11.8 Å². The molecule has 4 heteroatoms. The van der Waals surface area contributed by atoms with Gasteiger partial charge in [0.05, 0.1) is 19.8 Å². The van der Waals surface area contributed by atoms with Crippen molar-refractivity contribution in [1.82, 2.24) is 0 Å². The second kappa shape index (κ2) is 4.49. The van der Waals surface area contributed by atoms with Gasteiger partial charge in [0.15, 0.2) is 0 Å². The number of anilines is 1. The van der Waals surface area contributed by atoms with Crippen molar-refractivity contribution >= 4 is 5.69 Å². The maximum Gasteiger partial charge on any atom is 0.291 e. The second-order valence-electron chi connectivity index (χ2n) is 3.37. The number of hydrogen-bond donors (Lipinski definition) is 1. The molecule has 3 nitrogen and oxygen atoms in total. The summed E-state index contributed by atoms with van der Waals surface area (Å²) in [6.07, 6.45) is 0.223. The summed E-state index contributed by atoms with van der Waals surface area (Å²) < 4.78 is 22.9. The lowest BCUT2D eigenvalue weighted by Gasteiger charge is -2.14. The SMILES string of the molecule is COc1cccc(NC2CCO[C]2F)c1. The van der Waals surface area contributed by atoms with Crippen LogP contribution in [-0.4, -0.2) is 19.8 Å². The van der Waals surface area contributed by atoms with Crippen molar-refractivity contribution in [2.45, 2.75) is 12.5 Å². The first kappa shape index (κ1) is 10.2. The van der Waals surface area contributed by atoms with Gasteiger partial charge in [-0.05, 0) is 18.6 Å². The largest absolute Gasteiger partial charge is 0.497 e. The second-order valence-corrected chi connectivity index (χ2v) is 3.37. The Balaban J connectivity index is 2.03. The van der Waals surface area contributed by atoms with E-state index in [1.54, 1.807) is 7.11 Å². The molecule has 1 aromatic carbocycles. The molecule has 0 spiro atoms. The van der Waals surface area contributed by atoms with Crippen LogP contribution in [0.5, 0.6) is 5.75 Å². The first-order valence-electron chi connectivity index (χ1n) is 4.85. The summed E-state index contributed by atoms with van der Waals surface area (Å²) in [5, 5.41) is 3.05. The Kier molecular flexibility index (Phi) is 3.06. The van der Waals surface area contributed by atoms with E-state index >= 15 is 0 Å². The minimum atomic E-state index is -0.433. The Morgan fingerprint density at radius 1 is 1.53 bits per heavy atom. The van der Waals surface area contributed by atoms with Gasteiger partial charge in [0.2, 0.25) is 0 Å². The molecule has 1 aliphatic rings. The normalized spacial score (nSPS) is 21.6. The standard InChI is InChI=1S/C11H13FNO2/c1-14-9-4-2-3-8(7-9)13-10-5-6-15-11(10)12/h2-4,7,10,13H,5-6H2,1H3. The number of ether oxygens (including phenoxy) is 2. The molecule has 15 heavy (non-hydrogen) atoms. The van der Waals surface area contributed by atoms with E-state index in [9.17, 15) is 4.39 Å². The van der Waals surface area contributed by atoms with Crippen LogP contribution in [0.1, 0.15) is 6.42 Å². The highest BCUT2D eigenvalue weighted by atomic mass is 19.1. The summed E-state index contributed by atoms with van der Waals surface area (Å²) in [5.41, 5.74) is 0.833. The maximum absolute atomic E-state index is 13.1. The summed E-state index contributed by atoms with van der Waals surface area (Å²) in [7, 11) is 1.60. The predicted octanol–water partition coefficient (Wildman–Crippen LogP) is 2.35. The molecular weight excluding hydrogens is 197 g/mol. The van der Waals surface area contributed by atoms with Crippen LogP contribution in [0.25, 0.3) is 0 Å². The van der Waals surface area contributed by atoms with E-state index < -0.39 is 6.36 Å².